The van der Waals surface area contributed by atoms with Crippen molar-refractivity contribution < 1.29 is 5.11 Å². The van der Waals surface area contributed by atoms with Crippen LogP contribution in [0.3, 0.4) is 0 Å². The Kier molecular flexibility index (Phi) is 2.52. The molecule has 0 saturated carbocycles. The summed E-state index contributed by atoms with van der Waals surface area (Å²) in [5.41, 5.74) is 1.17. The molecule has 0 fully saturated rings. The second-order valence-electron chi connectivity index (χ2n) is 3.56. The summed E-state index contributed by atoms with van der Waals surface area (Å²) >= 11 is 3.39. The minimum Gasteiger partial charge on any atom is -0.391 e. The number of hydrogen-bond donors (Lipinski definition) is 1. The van der Waals surface area contributed by atoms with Gasteiger partial charge in [-0.25, -0.2) is 0 Å². The van der Waals surface area contributed by atoms with Gasteiger partial charge in [-0.1, -0.05) is 18.2 Å². The quantitative estimate of drug-likeness (QED) is 0.721. The number of rotatable bonds is 2. The van der Waals surface area contributed by atoms with Crippen LogP contribution in [0.2, 0.25) is 0 Å². The highest BCUT2D eigenvalue weighted by atomic mass is 32.1. The fraction of sp³-hybridized carbons (Fsp3) is 0.0769. The van der Waals surface area contributed by atoms with Gasteiger partial charge in [0.05, 0.1) is 6.61 Å². The molecule has 0 amide bonds. The molecule has 0 radical (unpaired) electrons. The van der Waals surface area contributed by atoms with Gasteiger partial charge in [-0.3, -0.25) is 0 Å². The van der Waals surface area contributed by atoms with Gasteiger partial charge in [0.25, 0.3) is 0 Å². The number of thiophene rings is 2. The van der Waals surface area contributed by atoms with E-state index in [4.69, 9.17) is 0 Å². The summed E-state index contributed by atoms with van der Waals surface area (Å²) in [7, 11) is 0. The molecule has 0 aliphatic heterocycles. The lowest BCUT2D eigenvalue weighted by molar-refractivity contribution is 0.286. The van der Waals surface area contributed by atoms with E-state index in [0.29, 0.717) is 0 Å². The van der Waals surface area contributed by atoms with E-state index in [-0.39, 0.29) is 6.61 Å². The molecule has 0 aliphatic carbocycles. The Labute approximate surface area is 102 Å². The highest BCUT2D eigenvalue weighted by Gasteiger charge is 2.09. The average Bonchev–Trinajstić information content (AvgIpc) is 2.94. The van der Waals surface area contributed by atoms with Crippen LogP contribution in [0.15, 0.2) is 41.8 Å². The summed E-state index contributed by atoms with van der Waals surface area (Å²) in [6.07, 6.45) is 0. The predicted octanol–water partition coefficient (Wildman–Crippen LogP) is 4.12. The first kappa shape index (κ1) is 10.0. The van der Waals surface area contributed by atoms with Gasteiger partial charge < -0.3 is 5.11 Å². The second kappa shape index (κ2) is 4.01. The Hall–Kier alpha value is -1.16. The first-order chi connectivity index (χ1) is 7.88. The van der Waals surface area contributed by atoms with Crippen LogP contribution < -0.4 is 0 Å². The van der Waals surface area contributed by atoms with Crippen molar-refractivity contribution in [2.45, 2.75) is 6.61 Å². The summed E-state index contributed by atoms with van der Waals surface area (Å²) in [6, 6.07) is 12.7. The molecule has 16 heavy (non-hydrogen) atoms. The van der Waals surface area contributed by atoms with Gasteiger partial charge >= 0.3 is 0 Å². The van der Waals surface area contributed by atoms with E-state index >= 15 is 0 Å². The molecule has 2 aromatic heterocycles. The highest BCUT2D eigenvalue weighted by molar-refractivity contribution is 7.22. The molecule has 0 bridgehead atoms. The van der Waals surface area contributed by atoms with E-state index in [2.05, 4.69) is 36.4 Å². The molecule has 0 saturated heterocycles. The minimum absolute atomic E-state index is 0.126. The average molecular weight is 246 g/mol. The predicted molar refractivity (Wildman–Crippen MR) is 71.1 cm³/mol. The van der Waals surface area contributed by atoms with Gasteiger partial charge in [0.15, 0.2) is 0 Å². The van der Waals surface area contributed by atoms with E-state index in [1.807, 2.05) is 5.38 Å². The third kappa shape index (κ3) is 1.57. The summed E-state index contributed by atoms with van der Waals surface area (Å²) in [6.45, 7) is 0.126. The molecule has 1 N–H and O–H groups in total. The molecule has 80 valence electrons. The van der Waals surface area contributed by atoms with Gasteiger partial charge in [-0.05, 0) is 29.0 Å². The van der Waals surface area contributed by atoms with E-state index in [1.54, 1.807) is 22.7 Å². The van der Waals surface area contributed by atoms with Gasteiger partial charge in [0.1, 0.15) is 0 Å². The zero-order valence-electron chi connectivity index (χ0n) is 8.51. The van der Waals surface area contributed by atoms with Crippen LogP contribution in [-0.4, -0.2) is 5.11 Å². The summed E-state index contributed by atoms with van der Waals surface area (Å²) in [4.78, 5) is 2.29. The lowest BCUT2D eigenvalue weighted by Crippen LogP contribution is -1.78. The van der Waals surface area contributed by atoms with Crippen LogP contribution in [0.1, 0.15) is 4.88 Å². The van der Waals surface area contributed by atoms with Gasteiger partial charge in [0.2, 0.25) is 0 Å². The molecule has 2 heterocycles. The van der Waals surface area contributed by atoms with Gasteiger partial charge in [0, 0.05) is 20.0 Å². The van der Waals surface area contributed by atoms with Gasteiger partial charge in [-0.2, -0.15) is 0 Å². The summed E-state index contributed by atoms with van der Waals surface area (Å²) < 4.78 is 1.30. The third-order valence-corrected chi connectivity index (χ3v) is 4.64. The smallest absolute Gasteiger partial charge is 0.0780 e. The number of aliphatic hydroxyl groups is 1. The molecule has 1 aromatic carbocycles. The van der Waals surface area contributed by atoms with E-state index in [9.17, 15) is 5.11 Å². The molecular weight excluding hydrogens is 236 g/mol. The lowest BCUT2D eigenvalue weighted by atomic mass is 10.2. The molecule has 1 nitrogen and oxygen atoms in total. The molecule has 0 spiro atoms. The molecule has 0 unspecified atom stereocenters. The third-order valence-electron chi connectivity index (χ3n) is 2.58. The maximum absolute atomic E-state index is 9.26. The van der Waals surface area contributed by atoms with Crippen LogP contribution in [0.25, 0.3) is 20.5 Å². The lowest BCUT2D eigenvalue weighted by Gasteiger charge is -1.95. The van der Waals surface area contributed by atoms with Crippen molar-refractivity contribution >= 4 is 32.8 Å². The minimum atomic E-state index is 0.126. The maximum Gasteiger partial charge on any atom is 0.0780 e. The molecule has 3 aromatic rings. The Balaban J connectivity index is 2.19. The maximum atomic E-state index is 9.26. The first-order valence-corrected chi connectivity index (χ1v) is 6.74. The number of hydrogen-bond acceptors (Lipinski definition) is 3. The van der Waals surface area contributed by atoms with Crippen molar-refractivity contribution in [1.82, 2.24) is 0 Å². The fourth-order valence-corrected chi connectivity index (χ4v) is 3.73. The van der Waals surface area contributed by atoms with Crippen LogP contribution in [-0.2, 0) is 6.61 Å². The SMILES string of the molecule is OCc1sccc1-c1cc2ccccc2s1. The van der Waals surface area contributed by atoms with Crippen molar-refractivity contribution in [3.8, 4) is 10.4 Å². The van der Waals surface area contributed by atoms with Crippen molar-refractivity contribution in [2.24, 2.45) is 0 Å². The molecule has 3 heteroatoms. The largest absolute Gasteiger partial charge is 0.391 e. The van der Waals surface area contributed by atoms with Gasteiger partial charge in [-0.15, -0.1) is 22.7 Å². The standard InChI is InChI=1S/C13H10OS2/c14-8-13-10(5-6-15-13)12-7-9-3-1-2-4-11(9)16-12/h1-7,14H,8H2. The molecule has 0 aliphatic rings. The topological polar surface area (TPSA) is 20.2 Å². The van der Waals surface area contributed by atoms with Crippen molar-refractivity contribution in [3.05, 3.63) is 46.7 Å². The Morgan fingerprint density at radius 2 is 2.00 bits per heavy atom. The van der Waals surface area contributed by atoms with E-state index < -0.39 is 0 Å². The normalized spacial score (nSPS) is 11.1. The monoisotopic (exact) mass is 246 g/mol. The van der Waals surface area contributed by atoms with Crippen LogP contribution in [0.5, 0.6) is 0 Å². The molecule has 3 rings (SSSR count). The number of aliphatic hydroxyl groups excluding tert-OH is 1. The van der Waals surface area contributed by atoms with Crippen molar-refractivity contribution in [1.29, 1.82) is 0 Å². The highest BCUT2D eigenvalue weighted by Crippen LogP contribution is 2.36. The van der Waals surface area contributed by atoms with E-state index in [0.717, 1.165) is 4.88 Å². The Morgan fingerprint density at radius 3 is 2.81 bits per heavy atom. The Bertz CT molecular complexity index is 588. The first-order valence-electron chi connectivity index (χ1n) is 5.04. The zero-order valence-corrected chi connectivity index (χ0v) is 10.1. The van der Waals surface area contributed by atoms with Crippen LogP contribution >= 0.6 is 22.7 Å². The molecular formula is C13H10OS2. The summed E-state index contributed by atoms with van der Waals surface area (Å²) in [5.74, 6) is 0. The fourth-order valence-electron chi connectivity index (χ4n) is 1.80. The molecule has 0 atom stereocenters. The van der Waals surface area contributed by atoms with Crippen LogP contribution in [0, 0.1) is 0 Å². The zero-order chi connectivity index (χ0) is 11.0. The Morgan fingerprint density at radius 1 is 1.12 bits per heavy atom. The van der Waals surface area contributed by atoms with E-state index in [1.165, 1.54) is 20.5 Å². The number of benzene rings is 1. The summed E-state index contributed by atoms with van der Waals surface area (Å²) in [5, 5.41) is 12.6. The van der Waals surface area contributed by atoms with Crippen molar-refractivity contribution in [2.75, 3.05) is 0 Å². The second-order valence-corrected chi connectivity index (χ2v) is 5.65. The number of fused-ring (bicyclic) bond motifs is 1. The van der Waals surface area contributed by atoms with Crippen LogP contribution in [0.4, 0.5) is 0 Å². The van der Waals surface area contributed by atoms with Crippen molar-refractivity contribution in [3.63, 3.8) is 0 Å².